The van der Waals surface area contributed by atoms with Crippen LogP contribution in [0.1, 0.15) is 31.9 Å². The lowest BCUT2D eigenvalue weighted by atomic mass is 10.1. The van der Waals surface area contributed by atoms with Gasteiger partial charge in [-0.25, -0.2) is 0 Å². The highest BCUT2D eigenvalue weighted by Gasteiger charge is 2.54. The molecule has 0 spiro atoms. The van der Waals surface area contributed by atoms with E-state index in [0.29, 0.717) is 5.92 Å². The second-order valence-electron chi connectivity index (χ2n) is 3.99. The number of aryl methyl sites for hydroxylation is 1. The van der Waals surface area contributed by atoms with E-state index in [1.54, 1.807) is 4.68 Å². The van der Waals surface area contributed by atoms with Gasteiger partial charge < -0.3 is 5.11 Å². The Kier molecular flexibility index (Phi) is 1.91. The van der Waals surface area contributed by atoms with E-state index in [2.05, 4.69) is 12.0 Å². The van der Waals surface area contributed by atoms with Crippen molar-refractivity contribution >= 4 is 0 Å². The molecule has 1 heterocycles. The summed E-state index contributed by atoms with van der Waals surface area (Å²) in [6.07, 6.45) is 5.01. The van der Waals surface area contributed by atoms with Crippen molar-refractivity contribution in [3.8, 4) is 0 Å². The van der Waals surface area contributed by atoms with Crippen LogP contribution in [-0.4, -0.2) is 14.9 Å². The molecule has 0 bridgehead atoms. The second kappa shape index (κ2) is 2.84. The maximum atomic E-state index is 10.1. The molecule has 1 aliphatic rings. The first kappa shape index (κ1) is 8.75. The predicted molar refractivity (Wildman–Crippen MR) is 50.1 cm³/mol. The van der Waals surface area contributed by atoms with Crippen molar-refractivity contribution in [3.63, 3.8) is 0 Å². The summed E-state index contributed by atoms with van der Waals surface area (Å²) in [5, 5.41) is 14.4. The van der Waals surface area contributed by atoms with E-state index in [1.165, 1.54) is 0 Å². The zero-order valence-electron chi connectivity index (χ0n) is 8.20. The molecule has 1 N–H and O–H groups in total. The van der Waals surface area contributed by atoms with Crippen molar-refractivity contribution < 1.29 is 5.11 Å². The normalized spacial score (nSPS) is 32.1. The third kappa shape index (κ3) is 1.37. The summed E-state index contributed by atoms with van der Waals surface area (Å²) in [5.74, 6) is 0.437. The van der Waals surface area contributed by atoms with Gasteiger partial charge in [0.15, 0.2) is 0 Å². The van der Waals surface area contributed by atoms with Crippen molar-refractivity contribution in [1.29, 1.82) is 0 Å². The van der Waals surface area contributed by atoms with Gasteiger partial charge in [-0.05, 0) is 24.8 Å². The predicted octanol–water partition coefficient (Wildman–Crippen LogP) is 1.43. The number of hydrogen-bond donors (Lipinski definition) is 1. The van der Waals surface area contributed by atoms with E-state index in [0.717, 1.165) is 25.0 Å². The Morgan fingerprint density at radius 3 is 3.08 bits per heavy atom. The quantitative estimate of drug-likeness (QED) is 0.764. The average Bonchev–Trinajstić information content (AvgIpc) is 2.57. The first-order valence-electron chi connectivity index (χ1n) is 4.89. The van der Waals surface area contributed by atoms with E-state index in [9.17, 15) is 5.11 Å². The highest BCUT2D eigenvalue weighted by Crippen LogP contribution is 2.53. The van der Waals surface area contributed by atoms with Crippen LogP contribution >= 0.6 is 0 Å². The van der Waals surface area contributed by atoms with Crippen molar-refractivity contribution in [2.75, 3.05) is 0 Å². The largest absolute Gasteiger partial charge is 0.383 e. The van der Waals surface area contributed by atoms with Crippen LogP contribution in [0.5, 0.6) is 0 Å². The van der Waals surface area contributed by atoms with Crippen LogP contribution in [0.15, 0.2) is 12.3 Å². The molecule has 2 unspecified atom stereocenters. The maximum Gasteiger partial charge on any atom is 0.112 e. The van der Waals surface area contributed by atoms with Gasteiger partial charge in [0, 0.05) is 13.2 Å². The zero-order chi connectivity index (χ0) is 9.47. The van der Waals surface area contributed by atoms with Crippen molar-refractivity contribution in [1.82, 2.24) is 9.78 Å². The van der Waals surface area contributed by atoms with Crippen LogP contribution in [0.25, 0.3) is 0 Å². The highest BCUT2D eigenvalue weighted by atomic mass is 16.3. The monoisotopic (exact) mass is 180 g/mol. The van der Waals surface area contributed by atoms with E-state index < -0.39 is 5.60 Å². The lowest BCUT2D eigenvalue weighted by Gasteiger charge is -2.05. The molecule has 0 aliphatic heterocycles. The molecular weight excluding hydrogens is 164 g/mol. The van der Waals surface area contributed by atoms with E-state index >= 15 is 0 Å². The fraction of sp³-hybridized carbons (Fsp3) is 0.700. The Bertz CT molecular complexity index is 308. The van der Waals surface area contributed by atoms with E-state index in [-0.39, 0.29) is 0 Å². The van der Waals surface area contributed by atoms with Gasteiger partial charge in [0.25, 0.3) is 0 Å². The summed E-state index contributed by atoms with van der Waals surface area (Å²) in [4.78, 5) is 0. The van der Waals surface area contributed by atoms with Gasteiger partial charge in [-0.15, -0.1) is 0 Å². The number of aromatic nitrogens is 2. The smallest absolute Gasteiger partial charge is 0.112 e. The minimum absolute atomic E-state index is 0.437. The van der Waals surface area contributed by atoms with Crippen molar-refractivity contribution in [3.05, 3.63) is 18.0 Å². The molecule has 13 heavy (non-hydrogen) atoms. The van der Waals surface area contributed by atoms with Crippen LogP contribution in [0.2, 0.25) is 0 Å². The summed E-state index contributed by atoms with van der Waals surface area (Å²) in [5.41, 5.74) is 0.241. The van der Waals surface area contributed by atoms with E-state index in [4.69, 9.17) is 0 Å². The Labute approximate surface area is 78.4 Å². The van der Waals surface area contributed by atoms with Gasteiger partial charge in [-0.1, -0.05) is 13.3 Å². The Morgan fingerprint density at radius 1 is 1.77 bits per heavy atom. The van der Waals surface area contributed by atoms with Gasteiger partial charge >= 0.3 is 0 Å². The van der Waals surface area contributed by atoms with Gasteiger partial charge in [0.1, 0.15) is 5.60 Å². The first-order valence-corrected chi connectivity index (χ1v) is 4.89. The highest BCUT2D eigenvalue weighted by molar-refractivity contribution is 5.21. The lowest BCUT2D eigenvalue weighted by molar-refractivity contribution is 0.123. The van der Waals surface area contributed by atoms with Gasteiger partial charge in [-0.3, -0.25) is 4.68 Å². The van der Waals surface area contributed by atoms with Crippen LogP contribution in [0, 0.1) is 5.92 Å². The SMILES string of the molecule is CCCC1CC1(O)c1ccn(C)n1. The molecule has 3 nitrogen and oxygen atoms in total. The topological polar surface area (TPSA) is 38.0 Å². The van der Waals surface area contributed by atoms with Crippen LogP contribution in [-0.2, 0) is 12.6 Å². The molecule has 72 valence electrons. The molecule has 3 heteroatoms. The third-order valence-corrected chi connectivity index (χ3v) is 2.87. The van der Waals surface area contributed by atoms with Crippen LogP contribution in [0.3, 0.4) is 0 Å². The Morgan fingerprint density at radius 2 is 2.54 bits per heavy atom. The molecular formula is C10H16N2O. The molecule has 1 aromatic rings. The van der Waals surface area contributed by atoms with Crippen LogP contribution in [0.4, 0.5) is 0 Å². The summed E-state index contributed by atoms with van der Waals surface area (Å²) in [6, 6.07) is 1.91. The minimum Gasteiger partial charge on any atom is -0.383 e. The average molecular weight is 180 g/mol. The molecule has 0 amide bonds. The molecule has 0 radical (unpaired) electrons. The van der Waals surface area contributed by atoms with Crippen LogP contribution < -0.4 is 0 Å². The van der Waals surface area contributed by atoms with Gasteiger partial charge in [0.2, 0.25) is 0 Å². The Balaban J connectivity index is 2.11. The molecule has 0 aromatic carbocycles. The van der Waals surface area contributed by atoms with Crippen molar-refractivity contribution in [2.24, 2.45) is 13.0 Å². The number of rotatable bonds is 3. The molecule has 0 saturated heterocycles. The fourth-order valence-electron chi connectivity index (χ4n) is 1.97. The third-order valence-electron chi connectivity index (χ3n) is 2.87. The maximum absolute atomic E-state index is 10.1. The molecule has 2 rings (SSSR count). The molecule has 2 atom stereocenters. The first-order chi connectivity index (χ1) is 6.16. The summed E-state index contributed by atoms with van der Waals surface area (Å²) < 4.78 is 1.74. The fourth-order valence-corrected chi connectivity index (χ4v) is 1.97. The molecule has 1 aliphatic carbocycles. The zero-order valence-corrected chi connectivity index (χ0v) is 8.20. The molecule has 1 aromatic heterocycles. The molecule has 1 saturated carbocycles. The minimum atomic E-state index is -0.600. The van der Waals surface area contributed by atoms with E-state index in [1.807, 2.05) is 19.3 Å². The van der Waals surface area contributed by atoms with Gasteiger partial charge in [-0.2, -0.15) is 5.10 Å². The number of hydrogen-bond acceptors (Lipinski definition) is 2. The van der Waals surface area contributed by atoms with Crippen molar-refractivity contribution in [2.45, 2.75) is 31.8 Å². The molecule has 1 fully saturated rings. The van der Waals surface area contributed by atoms with Gasteiger partial charge in [0.05, 0.1) is 5.69 Å². The standard InChI is InChI=1S/C10H16N2O/c1-3-4-8-7-10(8,13)9-5-6-12(2)11-9/h5-6,8,13H,3-4,7H2,1-2H3. The summed E-state index contributed by atoms with van der Waals surface area (Å²) in [6.45, 7) is 2.15. The Hall–Kier alpha value is -0.830. The summed E-state index contributed by atoms with van der Waals surface area (Å²) in [7, 11) is 1.88. The number of aliphatic hydroxyl groups is 1. The lowest BCUT2D eigenvalue weighted by Crippen LogP contribution is -2.10. The number of nitrogens with zero attached hydrogens (tertiary/aromatic N) is 2. The summed E-state index contributed by atoms with van der Waals surface area (Å²) >= 11 is 0. The second-order valence-corrected chi connectivity index (χ2v) is 3.99.